The molecule has 1 nitrogen and oxygen atoms in total. The molecule has 1 aliphatic heterocycles. The third-order valence-corrected chi connectivity index (χ3v) is 3.90. The fourth-order valence-electron chi connectivity index (χ4n) is 2.68. The Morgan fingerprint density at radius 3 is 2.19 bits per heavy atom. The molecular formula is C15H29N. The third-order valence-electron chi connectivity index (χ3n) is 3.90. The maximum Gasteiger partial charge on any atom is 0.00594 e. The Balaban J connectivity index is 2.12. The van der Waals surface area contributed by atoms with Crippen LogP contribution in [-0.4, -0.2) is 24.5 Å². The van der Waals surface area contributed by atoms with E-state index in [0.717, 1.165) is 11.8 Å². The average Bonchev–Trinajstić information content (AvgIpc) is 2.15. The molecule has 94 valence electrons. The minimum absolute atomic E-state index is 0.788. The van der Waals surface area contributed by atoms with Crippen LogP contribution >= 0.6 is 0 Å². The molecular weight excluding hydrogens is 194 g/mol. The van der Waals surface area contributed by atoms with E-state index in [1.807, 2.05) is 0 Å². The Bertz CT molecular complexity index is 197. The standard InChI is InChI=1S/C15H29N/c1-5-7-14(8-6-2)9-10-16-11-15(12-16)13(3)4/h14-15H,3,5-12H2,1-2,4H3. The molecule has 1 rings (SSSR count). The van der Waals surface area contributed by atoms with Crippen LogP contribution in [0.25, 0.3) is 0 Å². The van der Waals surface area contributed by atoms with Crippen molar-refractivity contribution in [2.24, 2.45) is 11.8 Å². The van der Waals surface area contributed by atoms with Crippen molar-refractivity contribution in [3.8, 4) is 0 Å². The van der Waals surface area contributed by atoms with Gasteiger partial charge in [-0.25, -0.2) is 0 Å². The van der Waals surface area contributed by atoms with E-state index in [2.05, 4.69) is 32.3 Å². The molecule has 0 spiro atoms. The summed E-state index contributed by atoms with van der Waals surface area (Å²) in [4.78, 5) is 2.59. The van der Waals surface area contributed by atoms with E-state index in [9.17, 15) is 0 Å². The van der Waals surface area contributed by atoms with Crippen LogP contribution in [0, 0.1) is 11.8 Å². The molecule has 1 fully saturated rings. The Hall–Kier alpha value is -0.300. The summed E-state index contributed by atoms with van der Waals surface area (Å²) >= 11 is 0. The minimum Gasteiger partial charge on any atom is -0.302 e. The molecule has 1 heteroatoms. The van der Waals surface area contributed by atoms with Crippen molar-refractivity contribution in [3.63, 3.8) is 0 Å². The fraction of sp³-hybridized carbons (Fsp3) is 0.867. The van der Waals surface area contributed by atoms with Crippen molar-refractivity contribution in [2.75, 3.05) is 19.6 Å². The van der Waals surface area contributed by atoms with Crippen molar-refractivity contribution in [1.29, 1.82) is 0 Å². The van der Waals surface area contributed by atoms with Gasteiger partial charge in [-0.1, -0.05) is 51.7 Å². The molecule has 0 aromatic rings. The lowest BCUT2D eigenvalue weighted by Crippen LogP contribution is -2.47. The van der Waals surface area contributed by atoms with E-state index in [4.69, 9.17) is 0 Å². The number of nitrogens with zero attached hydrogens (tertiary/aromatic N) is 1. The molecule has 0 unspecified atom stereocenters. The van der Waals surface area contributed by atoms with Crippen molar-refractivity contribution in [1.82, 2.24) is 4.90 Å². The first-order valence-corrected chi connectivity index (χ1v) is 7.05. The number of hydrogen-bond acceptors (Lipinski definition) is 1. The van der Waals surface area contributed by atoms with E-state index in [-0.39, 0.29) is 0 Å². The quantitative estimate of drug-likeness (QED) is 0.560. The van der Waals surface area contributed by atoms with Gasteiger partial charge in [0, 0.05) is 19.0 Å². The Morgan fingerprint density at radius 2 is 1.75 bits per heavy atom. The molecule has 0 radical (unpaired) electrons. The van der Waals surface area contributed by atoms with Gasteiger partial charge in [-0.2, -0.15) is 0 Å². The normalized spacial score (nSPS) is 17.8. The van der Waals surface area contributed by atoms with Crippen LogP contribution in [0.4, 0.5) is 0 Å². The molecule has 0 aromatic heterocycles. The predicted molar refractivity (Wildman–Crippen MR) is 72.7 cm³/mol. The van der Waals surface area contributed by atoms with Crippen LogP contribution in [0.1, 0.15) is 52.9 Å². The molecule has 0 amide bonds. The van der Waals surface area contributed by atoms with Crippen molar-refractivity contribution in [3.05, 3.63) is 12.2 Å². The van der Waals surface area contributed by atoms with Gasteiger partial charge in [-0.15, -0.1) is 0 Å². The molecule has 0 bridgehead atoms. The van der Waals surface area contributed by atoms with Gasteiger partial charge in [0.25, 0.3) is 0 Å². The molecule has 16 heavy (non-hydrogen) atoms. The molecule has 1 heterocycles. The summed E-state index contributed by atoms with van der Waals surface area (Å²) in [7, 11) is 0. The summed E-state index contributed by atoms with van der Waals surface area (Å²) in [5.74, 6) is 1.76. The van der Waals surface area contributed by atoms with Gasteiger partial charge in [-0.3, -0.25) is 0 Å². The van der Waals surface area contributed by atoms with Crippen molar-refractivity contribution >= 4 is 0 Å². The van der Waals surface area contributed by atoms with Crippen LogP contribution < -0.4 is 0 Å². The summed E-state index contributed by atoms with van der Waals surface area (Å²) in [6, 6.07) is 0. The van der Waals surface area contributed by atoms with Crippen molar-refractivity contribution < 1.29 is 0 Å². The smallest absolute Gasteiger partial charge is 0.00594 e. The van der Waals surface area contributed by atoms with Crippen molar-refractivity contribution in [2.45, 2.75) is 52.9 Å². The fourth-order valence-corrected chi connectivity index (χ4v) is 2.68. The monoisotopic (exact) mass is 223 g/mol. The Kier molecular flexibility index (Phi) is 6.12. The molecule has 0 saturated carbocycles. The van der Waals surface area contributed by atoms with E-state index < -0.39 is 0 Å². The Labute approximate surface area is 102 Å². The predicted octanol–water partition coefficient (Wildman–Crippen LogP) is 4.10. The highest BCUT2D eigenvalue weighted by Crippen LogP contribution is 2.24. The highest BCUT2D eigenvalue weighted by molar-refractivity contribution is 5.03. The first-order chi connectivity index (χ1) is 7.67. The lowest BCUT2D eigenvalue weighted by Gasteiger charge is -2.40. The summed E-state index contributed by atoms with van der Waals surface area (Å²) in [6.07, 6.45) is 6.94. The minimum atomic E-state index is 0.788. The zero-order chi connectivity index (χ0) is 12.0. The first-order valence-electron chi connectivity index (χ1n) is 7.05. The lowest BCUT2D eigenvalue weighted by atomic mass is 9.90. The molecule has 1 aliphatic rings. The summed E-state index contributed by atoms with van der Waals surface area (Å²) in [6.45, 7) is 14.7. The maximum atomic E-state index is 4.04. The van der Waals surface area contributed by atoms with Gasteiger partial charge < -0.3 is 4.90 Å². The van der Waals surface area contributed by atoms with Gasteiger partial charge in [0.15, 0.2) is 0 Å². The van der Waals surface area contributed by atoms with Gasteiger partial charge in [-0.05, 0) is 25.8 Å². The second-order valence-corrected chi connectivity index (χ2v) is 5.53. The number of hydrogen-bond donors (Lipinski definition) is 0. The van der Waals surface area contributed by atoms with Gasteiger partial charge in [0.1, 0.15) is 0 Å². The maximum absolute atomic E-state index is 4.04. The number of rotatable bonds is 8. The molecule has 0 aliphatic carbocycles. The van der Waals surface area contributed by atoms with Crippen LogP contribution in [0.3, 0.4) is 0 Å². The van der Waals surface area contributed by atoms with Crippen LogP contribution in [-0.2, 0) is 0 Å². The molecule has 0 N–H and O–H groups in total. The molecule has 0 atom stereocenters. The largest absolute Gasteiger partial charge is 0.302 e. The highest BCUT2D eigenvalue weighted by Gasteiger charge is 2.26. The van der Waals surface area contributed by atoms with E-state index in [0.29, 0.717) is 0 Å². The Morgan fingerprint density at radius 1 is 1.19 bits per heavy atom. The van der Waals surface area contributed by atoms with Gasteiger partial charge in [0.05, 0.1) is 0 Å². The third kappa shape index (κ3) is 4.29. The lowest BCUT2D eigenvalue weighted by molar-refractivity contribution is 0.113. The highest BCUT2D eigenvalue weighted by atomic mass is 15.2. The SMILES string of the molecule is C=C(C)C1CN(CCC(CCC)CCC)C1. The second kappa shape index (κ2) is 7.11. The summed E-state index contributed by atoms with van der Waals surface area (Å²) in [5.41, 5.74) is 1.37. The molecule has 1 saturated heterocycles. The van der Waals surface area contributed by atoms with E-state index >= 15 is 0 Å². The topological polar surface area (TPSA) is 3.24 Å². The summed E-state index contributed by atoms with van der Waals surface area (Å²) < 4.78 is 0. The average molecular weight is 223 g/mol. The van der Waals surface area contributed by atoms with Crippen LogP contribution in [0.15, 0.2) is 12.2 Å². The number of likely N-dealkylation sites (tertiary alicyclic amines) is 1. The van der Waals surface area contributed by atoms with Crippen LogP contribution in [0.2, 0.25) is 0 Å². The zero-order valence-electron chi connectivity index (χ0n) is 11.5. The zero-order valence-corrected chi connectivity index (χ0v) is 11.5. The molecule has 0 aromatic carbocycles. The summed E-state index contributed by atoms with van der Waals surface area (Å²) in [5, 5.41) is 0. The van der Waals surface area contributed by atoms with Crippen LogP contribution in [0.5, 0.6) is 0 Å². The van der Waals surface area contributed by atoms with E-state index in [1.165, 1.54) is 57.3 Å². The second-order valence-electron chi connectivity index (χ2n) is 5.53. The van der Waals surface area contributed by atoms with Gasteiger partial charge in [0.2, 0.25) is 0 Å². The first kappa shape index (κ1) is 13.8. The van der Waals surface area contributed by atoms with Gasteiger partial charge >= 0.3 is 0 Å². The van der Waals surface area contributed by atoms with E-state index in [1.54, 1.807) is 0 Å².